The molecule has 0 rings (SSSR count). The Morgan fingerprint density at radius 1 is 0.257 bits per heavy atom. The summed E-state index contributed by atoms with van der Waals surface area (Å²) in [6, 6.07) is 0. The lowest BCUT2D eigenvalue weighted by atomic mass is 10.0. The minimum Gasteiger partial charge on any atom is -0.462 e. The van der Waals surface area contributed by atoms with E-state index in [0.29, 0.717) is 25.7 Å². The van der Waals surface area contributed by atoms with Gasteiger partial charge in [0, 0.05) is 25.7 Å². The maximum absolute atomic E-state index is 13.1. The summed E-state index contributed by atoms with van der Waals surface area (Å²) in [5, 5.41) is 10.7. The smallest absolute Gasteiger partial charge is 0.462 e. The summed E-state index contributed by atoms with van der Waals surface area (Å²) in [7, 11) is -9.93. The molecule has 105 heavy (non-hydrogen) atoms. The van der Waals surface area contributed by atoms with E-state index in [1.807, 2.05) is 0 Å². The van der Waals surface area contributed by atoms with Crippen molar-refractivity contribution in [1.29, 1.82) is 0 Å². The normalized spacial score (nSPS) is 13.8. The largest absolute Gasteiger partial charge is 0.472 e. The van der Waals surface area contributed by atoms with E-state index in [0.717, 1.165) is 102 Å². The fraction of sp³-hybridized carbons (Fsp3) is 0.953. The van der Waals surface area contributed by atoms with Crippen molar-refractivity contribution >= 4 is 39.5 Å². The minimum absolute atomic E-state index is 0.107. The highest BCUT2D eigenvalue weighted by molar-refractivity contribution is 7.47. The highest BCUT2D eigenvalue weighted by Gasteiger charge is 2.30. The number of carbonyl (C=O) groups excluding carboxylic acids is 4. The van der Waals surface area contributed by atoms with Gasteiger partial charge in [-0.3, -0.25) is 37.3 Å². The number of carbonyl (C=O) groups is 4. The van der Waals surface area contributed by atoms with E-state index >= 15 is 0 Å². The molecule has 19 heteroatoms. The number of phosphoric acid groups is 2. The Morgan fingerprint density at radius 3 is 0.648 bits per heavy atom. The number of hydrogen-bond acceptors (Lipinski definition) is 15. The van der Waals surface area contributed by atoms with Crippen molar-refractivity contribution < 1.29 is 80.2 Å². The molecular formula is C86H168O17P2. The SMILES string of the molecule is CCCCCCCCCCCCCCCCCCCCCCCCC(=O)O[C@H](COC(=O)CCCCCCCCCCCCCCCCCC(C)C)COP(=O)(O)OC[C@@H](O)COP(=O)(O)OC[C@@H](COC(=O)CCCCCCCCCCCCC)OC(=O)CCCCCCCCCCCCCC(C)C. The third-order valence-corrected chi connectivity index (χ3v) is 22.1. The molecule has 5 atom stereocenters. The Bertz CT molecular complexity index is 2010. The maximum atomic E-state index is 13.1. The number of unbranched alkanes of at least 4 members (excludes halogenated alkanes) is 55. The summed E-state index contributed by atoms with van der Waals surface area (Å²) in [5.74, 6) is -0.531. The molecule has 0 aromatic rings. The number of aliphatic hydroxyl groups excluding tert-OH is 1. The average Bonchev–Trinajstić information content (AvgIpc) is 0.918. The van der Waals surface area contributed by atoms with Crippen LogP contribution >= 0.6 is 15.6 Å². The van der Waals surface area contributed by atoms with E-state index in [1.54, 1.807) is 0 Å². The maximum Gasteiger partial charge on any atom is 0.472 e. The van der Waals surface area contributed by atoms with Gasteiger partial charge in [-0.25, -0.2) is 9.13 Å². The third-order valence-electron chi connectivity index (χ3n) is 20.2. The summed E-state index contributed by atoms with van der Waals surface area (Å²) in [4.78, 5) is 73.2. The van der Waals surface area contributed by atoms with Gasteiger partial charge in [-0.05, 0) is 37.5 Å². The summed E-state index contributed by atoms with van der Waals surface area (Å²) in [6.07, 6.45) is 69.5. The lowest BCUT2D eigenvalue weighted by Crippen LogP contribution is -2.30. The number of ether oxygens (including phenoxy) is 4. The number of aliphatic hydroxyl groups is 1. The number of rotatable bonds is 85. The first-order valence-corrected chi connectivity index (χ1v) is 47.5. The predicted octanol–water partition coefficient (Wildman–Crippen LogP) is 26.2. The second-order valence-corrected chi connectivity index (χ2v) is 34.8. The van der Waals surface area contributed by atoms with Gasteiger partial charge in [0.1, 0.15) is 19.3 Å². The zero-order valence-corrected chi connectivity index (χ0v) is 70.8. The molecule has 0 radical (unpaired) electrons. The van der Waals surface area contributed by atoms with E-state index in [2.05, 4.69) is 41.5 Å². The number of esters is 4. The van der Waals surface area contributed by atoms with Crippen LogP contribution in [0.25, 0.3) is 0 Å². The first-order chi connectivity index (χ1) is 50.9. The second-order valence-electron chi connectivity index (χ2n) is 31.9. The number of hydrogen-bond donors (Lipinski definition) is 3. The van der Waals surface area contributed by atoms with Crippen molar-refractivity contribution in [1.82, 2.24) is 0 Å². The quantitative estimate of drug-likeness (QED) is 0.0222. The van der Waals surface area contributed by atoms with Crippen molar-refractivity contribution in [3.8, 4) is 0 Å². The predicted molar refractivity (Wildman–Crippen MR) is 432 cm³/mol. The molecule has 0 bridgehead atoms. The van der Waals surface area contributed by atoms with Gasteiger partial charge in [0.05, 0.1) is 26.4 Å². The third kappa shape index (κ3) is 79.9. The summed E-state index contributed by atoms with van der Waals surface area (Å²) in [6.45, 7) is 9.69. The van der Waals surface area contributed by atoms with E-state index in [9.17, 15) is 43.2 Å². The van der Waals surface area contributed by atoms with Crippen LogP contribution in [0.1, 0.15) is 459 Å². The summed E-state index contributed by atoms with van der Waals surface area (Å²) >= 11 is 0. The van der Waals surface area contributed by atoms with Gasteiger partial charge in [-0.15, -0.1) is 0 Å². The van der Waals surface area contributed by atoms with Crippen LogP contribution in [0.3, 0.4) is 0 Å². The fourth-order valence-electron chi connectivity index (χ4n) is 13.4. The second kappa shape index (κ2) is 77.4. The molecule has 2 unspecified atom stereocenters. The molecule has 624 valence electrons. The Labute approximate surface area is 645 Å². The molecule has 0 aromatic carbocycles. The number of phosphoric ester groups is 2. The summed E-state index contributed by atoms with van der Waals surface area (Å²) < 4.78 is 68.9. The first-order valence-electron chi connectivity index (χ1n) is 44.5. The molecule has 0 aliphatic heterocycles. The highest BCUT2D eigenvalue weighted by Crippen LogP contribution is 2.45. The zero-order chi connectivity index (χ0) is 77.1. The van der Waals surface area contributed by atoms with Crippen molar-refractivity contribution in [2.24, 2.45) is 11.8 Å². The van der Waals surface area contributed by atoms with Crippen LogP contribution in [0.4, 0.5) is 0 Å². The molecule has 0 amide bonds. The van der Waals surface area contributed by atoms with Gasteiger partial charge in [-0.2, -0.15) is 0 Å². The Hall–Kier alpha value is -1.94. The van der Waals surface area contributed by atoms with Crippen LogP contribution in [0.15, 0.2) is 0 Å². The lowest BCUT2D eigenvalue weighted by Gasteiger charge is -2.21. The Balaban J connectivity index is 5.22. The molecule has 3 N–H and O–H groups in total. The van der Waals surface area contributed by atoms with E-state index in [-0.39, 0.29) is 25.7 Å². The molecule has 0 heterocycles. The molecular weight excluding hydrogens is 1370 g/mol. The van der Waals surface area contributed by atoms with E-state index in [1.165, 1.54) is 276 Å². The average molecular weight is 1540 g/mol. The monoisotopic (exact) mass is 1540 g/mol. The van der Waals surface area contributed by atoms with Gasteiger partial charge in [0.15, 0.2) is 12.2 Å². The van der Waals surface area contributed by atoms with Crippen LogP contribution in [0.5, 0.6) is 0 Å². The fourth-order valence-corrected chi connectivity index (χ4v) is 15.0. The summed E-state index contributed by atoms with van der Waals surface area (Å²) in [5.41, 5.74) is 0. The molecule has 0 saturated heterocycles. The lowest BCUT2D eigenvalue weighted by molar-refractivity contribution is -0.161. The van der Waals surface area contributed by atoms with Gasteiger partial charge < -0.3 is 33.8 Å². The van der Waals surface area contributed by atoms with Crippen LogP contribution in [-0.4, -0.2) is 96.7 Å². The van der Waals surface area contributed by atoms with Crippen LogP contribution in [0, 0.1) is 11.8 Å². The van der Waals surface area contributed by atoms with Gasteiger partial charge in [-0.1, -0.05) is 408 Å². The zero-order valence-electron chi connectivity index (χ0n) is 69.0. The van der Waals surface area contributed by atoms with Crippen molar-refractivity contribution in [2.45, 2.75) is 477 Å². The molecule has 0 aromatic heterocycles. The topological polar surface area (TPSA) is 237 Å². The molecule has 0 aliphatic rings. The standard InChI is InChI=1S/C86H168O17P2/c1-7-9-11-13-15-17-19-20-21-22-23-24-25-26-27-30-34-40-46-52-58-64-70-85(90)102-82(75-97-84(89)69-63-57-51-45-39-33-31-28-29-32-37-42-48-54-60-66-78(3)4)77-101-105(94,95)99-73-80(87)72-98-104(92,93)100-76-81(74-96-83(88)68-62-56-50-44-36-18-16-14-12-10-8-2)103-86(91)71-65-59-53-47-41-35-38-43-49-55-61-67-79(5)6/h78-82,87H,7-77H2,1-6H3,(H,92,93)(H,94,95)/t80-,81+,82+/m0/s1. The minimum atomic E-state index is -4.97. The van der Waals surface area contributed by atoms with Gasteiger partial charge >= 0.3 is 39.5 Å². The first kappa shape index (κ1) is 103. The van der Waals surface area contributed by atoms with Crippen molar-refractivity contribution in [2.75, 3.05) is 39.6 Å². The molecule has 17 nitrogen and oxygen atoms in total. The van der Waals surface area contributed by atoms with E-state index < -0.39 is 97.5 Å². The Kier molecular flexibility index (Phi) is 76.0. The van der Waals surface area contributed by atoms with Crippen LogP contribution < -0.4 is 0 Å². The van der Waals surface area contributed by atoms with Crippen LogP contribution in [-0.2, 0) is 65.4 Å². The highest BCUT2D eigenvalue weighted by atomic mass is 31.2. The molecule has 0 aliphatic carbocycles. The molecule has 0 spiro atoms. The van der Waals surface area contributed by atoms with Crippen LogP contribution in [0.2, 0.25) is 0 Å². The van der Waals surface area contributed by atoms with Crippen molar-refractivity contribution in [3.05, 3.63) is 0 Å². The van der Waals surface area contributed by atoms with Gasteiger partial charge in [0.2, 0.25) is 0 Å². The Morgan fingerprint density at radius 2 is 0.438 bits per heavy atom. The van der Waals surface area contributed by atoms with Gasteiger partial charge in [0.25, 0.3) is 0 Å². The molecule has 0 fully saturated rings. The van der Waals surface area contributed by atoms with E-state index in [4.69, 9.17) is 37.0 Å². The van der Waals surface area contributed by atoms with Crippen molar-refractivity contribution in [3.63, 3.8) is 0 Å². The molecule has 0 saturated carbocycles.